The molecule has 6 nitrogen and oxygen atoms in total. The molecule has 0 unspecified atom stereocenters. The summed E-state index contributed by atoms with van der Waals surface area (Å²) in [6.45, 7) is 0.355. The monoisotopic (exact) mass is 572 g/mol. The topological polar surface area (TPSA) is 75.7 Å². The van der Waals surface area contributed by atoms with Crippen LogP contribution in [0.25, 0.3) is 6.08 Å². The average Bonchev–Trinajstić information content (AvgIpc) is 2.78. The second kappa shape index (κ2) is 9.68. The number of urea groups is 1. The van der Waals surface area contributed by atoms with E-state index in [1.807, 2.05) is 30.3 Å². The van der Waals surface area contributed by atoms with Gasteiger partial charge in [0.1, 0.15) is 23.7 Å². The molecule has 4 rings (SSSR count). The van der Waals surface area contributed by atoms with Crippen LogP contribution in [-0.2, 0) is 16.2 Å². The summed E-state index contributed by atoms with van der Waals surface area (Å²) < 4.78 is 20.4. The Morgan fingerprint density at radius 3 is 2.21 bits per heavy atom. The molecular weight excluding hydrogens is 559 g/mol. The first-order valence-corrected chi connectivity index (χ1v) is 11.2. The maximum atomic E-state index is 13.2. The van der Waals surface area contributed by atoms with Gasteiger partial charge in [-0.15, -0.1) is 0 Å². The smallest absolute Gasteiger partial charge is 0.335 e. The SMILES string of the molecule is O=C1NC(=O)N(c2ccc(F)cc2)C(=O)/C1=C/c1cc(Br)c(OCc2ccccc2)c(Br)c1. The molecule has 0 aromatic heterocycles. The standard InChI is InChI=1S/C24H15Br2FN2O4/c25-19-11-15(12-20(26)21(19)33-13-14-4-2-1-3-5-14)10-18-22(30)28-24(32)29(23(18)31)17-8-6-16(27)7-9-17/h1-12H,13H2,(H,28,30,32)/b18-10+. The molecule has 1 heterocycles. The minimum Gasteiger partial charge on any atom is -0.487 e. The Bertz CT molecular complexity index is 1250. The number of hydrogen-bond donors (Lipinski definition) is 1. The van der Waals surface area contributed by atoms with Gasteiger partial charge in [0.15, 0.2) is 0 Å². The van der Waals surface area contributed by atoms with Crippen molar-refractivity contribution in [3.8, 4) is 5.75 Å². The predicted octanol–water partition coefficient (Wildman–Crippen LogP) is 5.60. The zero-order valence-electron chi connectivity index (χ0n) is 16.8. The van der Waals surface area contributed by atoms with E-state index in [4.69, 9.17) is 4.74 Å². The van der Waals surface area contributed by atoms with Crippen molar-refractivity contribution in [2.75, 3.05) is 4.90 Å². The third-order valence-corrected chi connectivity index (χ3v) is 5.92. The van der Waals surface area contributed by atoms with Gasteiger partial charge in [-0.2, -0.15) is 0 Å². The Balaban J connectivity index is 1.61. The van der Waals surface area contributed by atoms with Gasteiger partial charge in [-0.3, -0.25) is 14.9 Å². The number of benzene rings is 3. The highest BCUT2D eigenvalue weighted by molar-refractivity contribution is 9.11. The second-order valence-electron chi connectivity index (χ2n) is 7.02. The molecule has 3 aromatic carbocycles. The van der Waals surface area contributed by atoms with Crippen LogP contribution in [0.2, 0.25) is 0 Å². The third-order valence-electron chi connectivity index (χ3n) is 4.74. The fraction of sp³-hybridized carbons (Fsp3) is 0.0417. The summed E-state index contributed by atoms with van der Waals surface area (Å²) in [6.07, 6.45) is 1.37. The number of ether oxygens (including phenoxy) is 1. The van der Waals surface area contributed by atoms with E-state index in [9.17, 15) is 18.8 Å². The van der Waals surface area contributed by atoms with Crippen molar-refractivity contribution >= 4 is 61.5 Å². The third kappa shape index (κ3) is 5.04. The van der Waals surface area contributed by atoms with Gasteiger partial charge in [-0.05, 0) is 85.5 Å². The van der Waals surface area contributed by atoms with Crippen molar-refractivity contribution in [3.63, 3.8) is 0 Å². The highest BCUT2D eigenvalue weighted by atomic mass is 79.9. The molecule has 0 bridgehead atoms. The fourth-order valence-electron chi connectivity index (χ4n) is 3.18. The Morgan fingerprint density at radius 1 is 0.939 bits per heavy atom. The van der Waals surface area contributed by atoms with Crippen LogP contribution in [0.5, 0.6) is 5.75 Å². The molecule has 166 valence electrons. The van der Waals surface area contributed by atoms with Gasteiger partial charge in [-0.1, -0.05) is 30.3 Å². The number of carbonyl (C=O) groups is 3. The lowest BCUT2D eigenvalue weighted by Gasteiger charge is -2.26. The van der Waals surface area contributed by atoms with Gasteiger partial charge in [-0.25, -0.2) is 14.1 Å². The zero-order valence-corrected chi connectivity index (χ0v) is 20.0. The van der Waals surface area contributed by atoms with E-state index in [1.165, 1.54) is 18.2 Å². The summed E-state index contributed by atoms with van der Waals surface area (Å²) in [5.74, 6) is -1.59. The summed E-state index contributed by atoms with van der Waals surface area (Å²) in [5, 5.41) is 2.14. The highest BCUT2D eigenvalue weighted by Gasteiger charge is 2.36. The lowest BCUT2D eigenvalue weighted by Crippen LogP contribution is -2.54. The molecule has 9 heteroatoms. The summed E-state index contributed by atoms with van der Waals surface area (Å²) >= 11 is 6.92. The average molecular weight is 574 g/mol. The summed E-state index contributed by atoms with van der Waals surface area (Å²) in [5.41, 5.74) is 1.42. The first-order valence-electron chi connectivity index (χ1n) is 9.66. The lowest BCUT2D eigenvalue weighted by atomic mass is 10.1. The number of anilines is 1. The number of barbiturate groups is 1. The number of imide groups is 2. The van der Waals surface area contributed by atoms with Crippen molar-refractivity contribution < 1.29 is 23.5 Å². The van der Waals surface area contributed by atoms with E-state index in [1.54, 1.807) is 12.1 Å². The Hall–Kier alpha value is -3.30. The molecule has 1 saturated heterocycles. The quantitative estimate of drug-likeness (QED) is 0.319. The van der Waals surface area contributed by atoms with E-state index in [-0.39, 0.29) is 11.3 Å². The van der Waals surface area contributed by atoms with Crippen molar-refractivity contribution in [2.45, 2.75) is 6.61 Å². The van der Waals surface area contributed by atoms with Crippen LogP contribution in [0.4, 0.5) is 14.9 Å². The summed E-state index contributed by atoms with van der Waals surface area (Å²) in [4.78, 5) is 38.4. The van der Waals surface area contributed by atoms with E-state index in [0.717, 1.165) is 22.6 Å². The molecule has 3 aromatic rings. The van der Waals surface area contributed by atoms with Crippen molar-refractivity contribution in [1.29, 1.82) is 0 Å². The van der Waals surface area contributed by atoms with Gasteiger partial charge >= 0.3 is 6.03 Å². The van der Waals surface area contributed by atoms with Gasteiger partial charge in [0.05, 0.1) is 14.6 Å². The van der Waals surface area contributed by atoms with E-state index in [0.29, 0.717) is 26.9 Å². The number of carbonyl (C=O) groups excluding carboxylic acids is 3. The summed E-state index contributed by atoms with van der Waals surface area (Å²) in [6, 6.07) is 17.0. The number of rotatable bonds is 5. The second-order valence-corrected chi connectivity index (χ2v) is 8.73. The molecule has 1 fully saturated rings. The van der Waals surface area contributed by atoms with Gasteiger partial charge in [0.2, 0.25) is 0 Å². The molecule has 0 atom stereocenters. The molecule has 0 aliphatic carbocycles. The highest BCUT2D eigenvalue weighted by Crippen LogP contribution is 2.36. The Morgan fingerprint density at radius 2 is 1.58 bits per heavy atom. The minimum absolute atomic E-state index is 0.143. The van der Waals surface area contributed by atoms with Crippen LogP contribution in [0, 0.1) is 5.82 Å². The number of nitrogens with one attached hydrogen (secondary N) is 1. The predicted molar refractivity (Wildman–Crippen MR) is 128 cm³/mol. The van der Waals surface area contributed by atoms with Gasteiger partial charge in [0, 0.05) is 0 Å². The summed E-state index contributed by atoms with van der Waals surface area (Å²) in [7, 11) is 0. The Kier molecular flexibility index (Phi) is 6.71. The van der Waals surface area contributed by atoms with Crippen LogP contribution < -0.4 is 15.0 Å². The van der Waals surface area contributed by atoms with Crippen molar-refractivity contribution in [2.24, 2.45) is 0 Å². The van der Waals surface area contributed by atoms with E-state index >= 15 is 0 Å². The molecule has 33 heavy (non-hydrogen) atoms. The molecule has 0 radical (unpaired) electrons. The van der Waals surface area contributed by atoms with Gasteiger partial charge in [0.25, 0.3) is 11.8 Å². The van der Waals surface area contributed by atoms with Crippen molar-refractivity contribution in [3.05, 3.63) is 98.2 Å². The van der Waals surface area contributed by atoms with Crippen LogP contribution in [-0.4, -0.2) is 17.8 Å². The van der Waals surface area contributed by atoms with Crippen LogP contribution in [0.15, 0.2) is 81.2 Å². The van der Waals surface area contributed by atoms with Crippen LogP contribution in [0.3, 0.4) is 0 Å². The number of halogens is 3. The Labute approximate surface area is 205 Å². The first kappa shape index (κ1) is 22.9. The molecule has 0 spiro atoms. The first-order chi connectivity index (χ1) is 15.8. The van der Waals surface area contributed by atoms with E-state index in [2.05, 4.69) is 37.2 Å². The van der Waals surface area contributed by atoms with Crippen molar-refractivity contribution in [1.82, 2.24) is 5.32 Å². The molecule has 0 saturated carbocycles. The molecule has 1 N–H and O–H groups in total. The van der Waals surface area contributed by atoms with E-state index < -0.39 is 23.7 Å². The molecule has 1 aliphatic heterocycles. The lowest BCUT2D eigenvalue weighted by molar-refractivity contribution is -0.122. The molecule has 1 aliphatic rings. The van der Waals surface area contributed by atoms with Crippen LogP contribution >= 0.6 is 31.9 Å². The number of amides is 4. The largest absolute Gasteiger partial charge is 0.487 e. The maximum absolute atomic E-state index is 13.2. The fourth-order valence-corrected chi connectivity index (χ4v) is 4.63. The number of hydrogen-bond acceptors (Lipinski definition) is 4. The zero-order chi connectivity index (χ0) is 23.5. The molecule has 4 amide bonds. The number of nitrogens with zero attached hydrogens (tertiary/aromatic N) is 1. The maximum Gasteiger partial charge on any atom is 0.335 e. The normalized spacial score (nSPS) is 15.1. The molecular formula is C24H15Br2FN2O4. The van der Waals surface area contributed by atoms with Gasteiger partial charge < -0.3 is 4.74 Å². The minimum atomic E-state index is -0.902. The van der Waals surface area contributed by atoms with Crippen LogP contribution in [0.1, 0.15) is 11.1 Å².